The molecule has 0 unspecified atom stereocenters. The van der Waals surface area contributed by atoms with Gasteiger partial charge in [-0.05, 0) is 35.9 Å². The molecule has 0 amide bonds. The number of aromatic nitrogens is 2. The summed E-state index contributed by atoms with van der Waals surface area (Å²) >= 11 is 0. The fraction of sp³-hybridized carbons (Fsp3) is 0.360. The Labute approximate surface area is 193 Å². The average molecular weight is 450 g/mol. The number of halogens is 1. The van der Waals surface area contributed by atoms with E-state index in [4.69, 9.17) is 9.47 Å². The predicted octanol–water partition coefficient (Wildman–Crippen LogP) is 3.09. The van der Waals surface area contributed by atoms with Gasteiger partial charge < -0.3 is 25.0 Å². The first kappa shape index (κ1) is 21.8. The molecule has 0 saturated carbocycles. The van der Waals surface area contributed by atoms with E-state index >= 15 is 0 Å². The van der Waals surface area contributed by atoms with Gasteiger partial charge in [0.05, 0.1) is 31.0 Å². The van der Waals surface area contributed by atoms with Crippen LogP contribution in [-0.4, -0.2) is 61.6 Å². The maximum absolute atomic E-state index is 13.6. The van der Waals surface area contributed by atoms with Crippen LogP contribution < -0.4 is 15.5 Å². The summed E-state index contributed by atoms with van der Waals surface area (Å²) < 4.78 is 25.7. The fourth-order valence-electron chi connectivity index (χ4n) is 4.36. The lowest BCUT2D eigenvalue weighted by atomic mass is 10.1. The van der Waals surface area contributed by atoms with Crippen LogP contribution in [0.15, 0.2) is 60.8 Å². The number of ether oxygens (including phenoxy) is 2. The molecule has 5 rings (SSSR count). The largest absolute Gasteiger partial charge is 0.378 e. The first-order valence-corrected chi connectivity index (χ1v) is 11.2. The van der Waals surface area contributed by atoms with Crippen LogP contribution in [-0.2, 0) is 16.0 Å². The first-order valence-electron chi connectivity index (χ1n) is 11.2. The molecule has 0 bridgehead atoms. The Morgan fingerprint density at radius 2 is 1.76 bits per heavy atom. The molecule has 2 aliphatic heterocycles. The predicted molar refractivity (Wildman–Crippen MR) is 126 cm³/mol. The summed E-state index contributed by atoms with van der Waals surface area (Å²) in [5.41, 5.74) is 3.77. The van der Waals surface area contributed by atoms with Crippen molar-refractivity contribution >= 4 is 11.6 Å². The number of nitrogens with zero attached hydrogens (tertiary/aromatic N) is 3. The molecule has 2 fully saturated rings. The molecule has 7 nitrogen and oxygen atoms in total. The van der Waals surface area contributed by atoms with Gasteiger partial charge in [0.15, 0.2) is 0 Å². The number of fused-ring (bicyclic) bond motifs is 1. The van der Waals surface area contributed by atoms with Gasteiger partial charge in [0, 0.05) is 38.1 Å². The van der Waals surface area contributed by atoms with Crippen LogP contribution in [0.3, 0.4) is 0 Å². The van der Waals surface area contributed by atoms with Crippen LogP contribution >= 0.6 is 0 Å². The molecular weight excluding hydrogens is 421 g/mol. The zero-order chi connectivity index (χ0) is 22.8. The van der Waals surface area contributed by atoms with Crippen molar-refractivity contribution in [2.24, 2.45) is 0 Å². The van der Waals surface area contributed by atoms with Gasteiger partial charge in [0.2, 0.25) is 5.95 Å². The van der Waals surface area contributed by atoms with E-state index in [9.17, 15) is 4.39 Å². The van der Waals surface area contributed by atoms with E-state index in [1.807, 2.05) is 20.2 Å². The van der Waals surface area contributed by atoms with E-state index in [-0.39, 0.29) is 30.1 Å². The van der Waals surface area contributed by atoms with Crippen LogP contribution in [0.5, 0.6) is 0 Å². The van der Waals surface area contributed by atoms with E-state index in [0.717, 1.165) is 6.54 Å². The standard InChI is InChI=1S/C25H28FN5O2/c1-31(2)19-8-6-16(7-9-19)13-28-21-14-32-24-22(15-33-23(21)24)30-25-27-11-10-20(29-25)17-4-3-5-18(26)12-17/h3-12,21-24,28H,13-15H2,1-2H3,(H,27,29,30)/t21-,22+,23-,24+/m1/s1. The van der Waals surface area contributed by atoms with Gasteiger partial charge in [-0.1, -0.05) is 24.3 Å². The Hall–Kier alpha value is -3.07. The number of nitrogens with one attached hydrogen (secondary N) is 2. The number of benzene rings is 2. The third kappa shape index (κ3) is 4.83. The highest BCUT2D eigenvalue weighted by molar-refractivity contribution is 5.60. The van der Waals surface area contributed by atoms with Crippen molar-refractivity contribution in [3.63, 3.8) is 0 Å². The van der Waals surface area contributed by atoms with E-state index < -0.39 is 0 Å². The SMILES string of the molecule is CN(C)c1ccc(CN[C@@H]2CO[C@@H]3[C@@H]2OC[C@@H]3Nc2nccc(-c3cccc(F)c3)n2)cc1. The van der Waals surface area contributed by atoms with Crippen molar-refractivity contribution in [2.75, 3.05) is 37.5 Å². The molecule has 2 aliphatic rings. The van der Waals surface area contributed by atoms with Crippen molar-refractivity contribution in [3.8, 4) is 11.3 Å². The van der Waals surface area contributed by atoms with Crippen LogP contribution in [0, 0.1) is 5.82 Å². The van der Waals surface area contributed by atoms with Crippen molar-refractivity contribution in [1.29, 1.82) is 0 Å². The normalized spacial score (nSPS) is 24.0. The van der Waals surface area contributed by atoms with Crippen LogP contribution in [0.25, 0.3) is 11.3 Å². The summed E-state index contributed by atoms with van der Waals surface area (Å²) in [5.74, 6) is 0.186. The Kier molecular flexibility index (Phi) is 6.22. The molecule has 2 aromatic carbocycles. The Balaban J connectivity index is 1.19. The first-order chi connectivity index (χ1) is 16.1. The summed E-state index contributed by atoms with van der Waals surface area (Å²) in [6, 6.07) is 16.7. The molecule has 1 aromatic heterocycles. The van der Waals surface area contributed by atoms with E-state index in [1.54, 1.807) is 18.3 Å². The third-order valence-corrected chi connectivity index (χ3v) is 6.16. The second kappa shape index (κ2) is 9.43. The fourth-order valence-corrected chi connectivity index (χ4v) is 4.36. The minimum absolute atomic E-state index is 0.0325. The van der Waals surface area contributed by atoms with Gasteiger partial charge in [0.25, 0.3) is 0 Å². The third-order valence-electron chi connectivity index (χ3n) is 6.16. The second-order valence-corrected chi connectivity index (χ2v) is 8.67. The maximum Gasteiger partial charge on any atom is 0.223 e. The second-order valence-electron chi connectivity index (χ2n) is 8.67. The Bertz CT molecular complexity index is 1090. The quantitative estimate of drug-likeness (QED) is 0.574. The number of anilines is 2. The molecule has 3 heterocycles. The molecular formula is C25H28FN5O2. The van der Waals surface area contributed by atoms with Crippen molar-refractivity contribution in [3.05, 3.63) is 72.2 Å². The van der Waals surface area contributed by atoms with Crippen molar-refractivity contribution in [1.82, 2.24) is 15.3 Å². The molecule has 172 valence electrons. The molecule has 0 spiro atoms. The Morgan fingerprint density at radius 3 is 2.52 bits per heavy atom. The minimum Gasteiger partial charge on any atom is -0.378 e. The minimum atomic E-state index is -0.292. The Morgan fingerprint density at radius 1 is 1.00 bits per heavy atom. The average Bonchev–Trinajstić information content (AvgIpc) is 3.41. The number of hydrogen-bond donors (Lipinski definition) is 2. The van der Waals surface area contributed by atoms with Crippen molar-refractivity contribution in [2.45, 2.75) is 30.8 Å². The molecule has 0 radical (unpaired) electrons. The maximum atomic E-state index is 13.6. The van der Waals surface area contributed by atoms with Gasteiger partial charge in [-0.3, -0.25) is 0 Å². The van der Waals surface area contributed by atoms with Crippen LogP contribution in [0.2, 0.25) is 0 Å². The number of rotatable bonds is 7. The number of hydrogen-bond acceptors (Lipinski definition) is 7. The van der Waals surface area contributed by atoms with E-state index in [1.165, 1.54) is 23.4 Å². The highest BCUT2D eigenvalue weighted by atomic mass is 19.1. The lowest BCUT2D eigenvalue weighted by molar-refractivity contribution is 0.0675. The summed E-state index contributed by atoms with van der Waals surface area (Å²) in [7, 11) is 4.07. The molecule has 2 N–H and O–H groups in total. The van der Waals surface area contributed by atoms with Crippen molar-refractivity contribution < 1.29 is 13.9 Å². The van der Waals surface area contributed by atoms with Gasteiger partial charge in [-0.25, -0.2) is 14.4 Å². The molecule has 0 aliphatic carbocycles. The molecule has 33 heavy (non-hydrogen) atoms. The lowest BCUT2D eigenvalue weighted by Gasteiger charge is -2.19. The lowest BCUT2D eigenvalue weighted by Crippen LogP contribution is -2.41. The summed E-state index contributed by atoms with van der Waals surface area (Å²) in [5, 5.41) is 6.93. The van der Waals surface area contributed by atoms with E-state index in [2.05, 4.69) is 49.8 Å². The summed E-state index contributed by atoms with van der Waals surface area (Å²) in [4.78, 5) is 11.0. The zero-order valence-electron chi connectivity index (χ0n) is 18.7. The molecule has 3 aromatic rings. The highest BCUT2D eigenvalue weighted by Gasteiger charge is 2.47. The zero-order valence-corrected chi connectivity index (χ0v) is 18.7. The summed E-state index contributed by atoms with van der Waals surface area (Å²) in [6.45, 7) is 1.86. The van der Waals surface area contributed by atoms with Gasteiger partial charge in [-0.15, -0.1) is 0 Å². The molecule has 4 atom stereocenters. The molecule has 8 heteroatoms. The van der Waals surface area contributed by atoms with Gasteiger partial charge >= 0.3 is 0 Å². The monoisotopic (exact) mass is 449 g/mol. The molecule has 2 saturated heterocycles. The van der Waals surface area contributed by atoms with Crippen LogP contribution in [0.1, 0.15) is 5.56 Å². The summed E-state index contributed by atoms with van der Waals surface area (Å²) in [6.07, 6.45) is 1.56. The van der Waals surface area contributed by atoms with Gasteiger partial charge in [0.1, 0.15) is 18.0 Å². The van der Waals surface area contributed by atoms with E-state index in [0.29, 0.717) is 30.4 Å². The smallest absolute Gasteiger partial charge is 0.223 e. The van der Waals surface area contributed by atoms with Gasteiger partial charge in [-0.2, -0.15) is 0 Å². The topological polar surface area (TPSA) is 71.5 Å². The van der Waals surface area contributed by atoms with Crippen LogP contribution in [0.4, 0.5) is 16.0 Å². The highest BCUT2D eigenvalue weighted by Crippen LogP contribution is 2.29.